The Bertz CT molecular complexity index is 902. The van der Waals surface area contributed by atoms with Gasteiger partial charge >= 0.3 is 11.9 Å². The van der Waals surface area contributed by atoms with Crippen molar-refractivity contribution in [2.75, 3.05) is 24.6 Å². The van der Waals surface area contributed by atoms with E-state index in [1.807, 2.05) is 39.0 Å². The molecule has 1 N–H and O–H groups in total. The molecule has 1 aliphatic rings. The molecule has 3 rings (SSSR count). The van der Waals surface area contributed by atoms with Crippen LogP contribution in [0.5, 0.6) is 0 Å². The number of esters is 2. The van der Waals surface area contributed by atoms with E-state index in [4.69, 9.17) is 13.9 Å². The zero-order valence-electron chi connectivity index (χ0n) is 18.2. The Labute approximate surface area is 176 Å². The summed E-state index contributed by atoms with van der Waals surface area (Å²) in [6.07, 6.45) is 2.75. The molecule has 0 aliphatic carbocycles. The molecule has 164 valence electrons. The van der Waals surface area contributed by atoms with Crippen molar-refractivity contribution in [1.82, 2.24) is 0 Å². The van der Waals surface area contributed by atoms with Crippen LogP contribution in [0.15, 0.2) is 28.9 Å². The zero-order valence-corrected chi connectivity index (χ0v) is 18.2. The smallest absolute Gasteiger partial charge is 0.310 e. The second-order valence-corrected chi connectivity index (χ2v) is 8.90. The number of benzene rings is 1. The van der Waals surface area contributed by atoms with E-state index in [1.165, 1.54) is 0 Å². The first-order chi connectivity index (χ1) is 14.1. The van der Waals surface area contributed by atoms with Crippen molar-refractivity contribution in [2.24, 2.45) is 0 Å². The number of hydrogen-bond donors (Lipinski definition) is 1. The number of anilines is 1. The van der Waals surface area contributed by atoms with E-state index in [1.54, 1.807) is 13.2 Å². The first-order valence-electron chi connectivity index (χ1n) is 10.4. The van der Waals surface area contributed by atoms with Crippen molar-refractivity contribution in [3.63, 3.8) is 0 Å². The normalized spacial score (nSPS) is 16.5. The minimum absolute atomic E-state index is 0.00650. The molecule has 1 aromatic carbocycles. The molecule has 0 radical (unpaired) electrons. The molecule has 1 saturated heterocycles. The Kier molecular flexibility index (Phi) is 6.41. The van der Waals surface area contributed by atoms with Crippen molar-refractivity contribution < 1.29 is 28.6 Å². The molecule has 0 unspecified atom stereocenters. The van der Waals surface area contributed by atoms with Crippen LogP contribution in [0.25, 0.3) is 11.0 Å². The van der Waals surface area contributed by atoms with Gasteiger partial charge in [0.25, 0.3) is 0 Å². The number of hydrogen-bond acceptors (Lipinski definition) is 7. The molecular weight excluding hydrogens is 386 g/mol. The quantitative estimate of drug-likeness (QED) is 0.718. The van der Waals surface area contributed by atoms with Gasteiger partial charge in [0.05, 0.1) is 31.3 Å². The van der Waals surface area contributed by atoms with Gasteiger partial charge in [0, 0.05) is 35.8 Å². The Morgan fingerprint density at radius 1 is 1.20 bits per heavy atom. The molecule has 1 fully saturated rings. The summed E-state index contributed by atoms with van der Waals surface area (Å²) in [4.78, 5) is 26.0. The Morgan fingerprint density at radius 2 is 1.90 bits per heavy atom. The van der Waals surface area contributed by atoms with Gasteiger partial charge in [-0.3, -0.25) is 9.59 Å². The van der Waals surface area contributed by atoms with Crippen molar-refractivity contribution >= 4 is 28.6 Å². The van der Waals surface area contributed by atoms with Crippen LogP contribution in [0, 0.1) is 0 Å². The van der Waals surface area contributed by atoms with Crippen molar-refractivity contribution in [3.8, 4) is 0 Å². The first kappa shape index (κ1) is 22.2. The number of fused-ring (bicyclic) bond motifs is 1. The predicted octanol–water partition coefficient (Wildman–Crippen LogP) is 3.60. The average Bonchev–Trinajstić information content (AvgIpc) is 3.02. The SMILES string of the molecule is CCOC(=O)Cc1coc2cc(N3CCC(O)(CC(=O)OC(C)(C)C)CC3)ccc12. The van der Waals surface area contributed by atoms with Crippen LogP contribution < -0.4 is 4.90 Å². The lowest BCUT2D eigenvalue weighted by molar-refractivity contribution is -0.161. The van der Waals surface area contributed by atoms with Crippen LogP contribution in [0.3, 0.4) is 0 Å². The molecule has 0 saturated carbocycles. The summed E-state index contributed by atoms with van der Waals surface area (Å²) in [5, 5.41) is 11.7. The fourth-order valence-electron chi connectivity index (χ4n) is 3.78. The Morgan fingerprint density at radius 3 is 2.53 bits per heavy atom. The third-order valence-electron chi connectivity index (χ3n) is 5.23. The van der Waals surface area contributed by atoms with Gasteiger partial charge in [-0.15, -0.1) is 0 Å². The van der Waals surface area contributed by atoms with Gasteiger partial charge in [-0.2, -0.15) is 0 Å². The highest BCUT2D eigenvalue weighted by Gasteiger charge is 2.36. The molecule has 0 amide bonds. The van der Waals surface area contributed by atoms with E-state index < -0.39 is 11.2 Å². The minimum Gasteiger partial charge on any atom is -0.466 e. The van der Waals surface area contributed by atoms with E-state index in [0.29, 0.717) is 38.1 Å². The number of carbonyl (C=O) groups is 2. The number of ether oxygens (including phenoxy) is 2. The number of aliphatic hydroxyl groups is 1. The van der Waals surface area contributed by atoms with Crippen LogP contribution >= 0.6 is 0 Å². The van der Waals surface area contributed by atoms with E-state index in [0.717, 1.165) is 16.6 Å². The lowest BCUT2D eigenvalue weighted by atomic mass is 9.88. The van der Waals surface area contributed by atoms with Crippen molar-refractivity contribution in [2.45, 2.75) is 64.6 Å². The number of nitrogens with zero attached hydrogens (tertiary/aromatic N) is 1. The summed E-state index contributed by atoms with van der Waals surface area (Å²) in [7, 11) is 0. The van der Waals surface area contributed by atoms with E-state index in [9.17, 15) is 14.7 Å². The second kappa shape index (κ2) is 8.68. The molecule has 7 heteroatoms. The molecule has 1 aromatic heterocycles. The number of piperidine rings is 1. The third-order valence-corrected chi connectivity index (χ3v) is 5.23. The first-order valence-corrected chi connectivity index (χ1v) is 10.4. The maximum Gasteiger partial charge on any atom is 0.310 e. The maximum atomic E-state index is 12.1. The molecule has 2 aromatic rings. The molecule has 0 atom stereocenters. The van der Waals surface area contributed by atoms with Crippen molar-refractivity contribution in [3.05, 3.63) is 30.0 Å². The molecule has 7 nitrogen and oxygen atoms in total. The lowest BCUT2D eigenvalue weighted by Gasteiger charge is -2.39. The van der Waals surface area contributed by atoms with E-state index in [2.05, 4.69) is 4.90 Å². The average molecular weight is 418 g/mol. The topological polar surface area (TPSA) is 89.2 Å². The summed E-state index contributed by atoms with van der Waals surface area (Å²) in [5.41, 5.74) is 0.903. The highest BCUT2D eigenvalue weighted by Crippen LogP contribution is 2.32. The fourth-order valence-corrected chi connectivity index (χ4v) is 3.78. The van der Waals surface area contributed by atoms with E-state index in [-0.39, 0.29) is 24.8 Å². The number of rotatable bonds is 6. The third kappa shape index (κ3) is 5.53. The molecule has 2 heterocycles. The summed E-state index contributed by atoms with van der Waals surface area (Å²) < 4.78 is 16.0. The van der Waals surface area contributed by atoms with Gasteiger partial charge in [-0.1, -0.05) is 0 Å². The largest absolute Gasteiger partial charge is 0.466 e. The van der Waals surface area contributed by atoms with Gasteiger partial charge in [0.2, 0.25) is 0 Å². The number of carbonyl (C=O) groups excluding carboxylic acids is 2. The van der Waals surface area contributed by atoms with Crippen LogP contribution in [0.1, 0.15) is 52.5 Å². The van der Waals surface area contributed by atoms with Crippen LogP contribution in [0.4, 0.5) is 5.69 Å². The summed E-state index contributed by atoms with van der Waals surface area (Å²) >= 11 is 0. The molecule has 0 bridgehead atoms. The molecule has 30 heavy (non-hydrogen) atoms. The lowest BCUT2D eigenvalue weighted by Crippen LogP contribution is -2.46. The fraction of sp³-hybridized carbons (Fsp3) is 0.565. The highest BCUT2D eigenvalue weighted by atomic mass is 16.6. The Hall–Kier alpha value is -2.54. The summed E-state index contributed by atoms with van der Waals surface area (Å²) in [6.45, 7) is 8.85. The van der Waals surface area contributed by atoms with Gasteiger partial charge < -0.3 is 23.9 Å². The predicted molar refractivity (Wildman–Crippen MR) is 113 cm³/mol. The zero-order chi connectivity index (χ0) is 21.9. The van der Waals surface area contributed by atoms with Crippen LogP contribution in [0.2, 0.25) is 0 Å². The second-order valence-electron chi connectivity index (χ2n) is 8.90. The monoisotopic (exact) mass is 417 g/mol. The van der Waals surface area contributed by atoms with Crippen molar-refractivity contribution in [1.29, 1.82) is 0 Å². The van der Waals surface area contributed by atoms with E-state index >= 15 is 0 Å². The van der Waals surface area contributed by atoms with Crippen LogP contribution in [-0.2, 0) is 25.5 Å². The Balaban J connectivity index is 1.63. The van der Waals surface area contributed by atoms with Gasteiger partial charge in [-0.25, -0.2) is 0 Å². The molecule has 1 aliphatic heterocycles. The van der Waals surface area contributed by atoms with Crippen LogP contribution in [-0.4, -0.2) is 47.9 Å². The molecular formula is C23H31NO6. The number of furan rings is 1. The maximum absolute atomic E-state index is 12.1. The minimum atomic E-state index is -1.04. The van der Waals surface area contributed by atoms with Gasteiger partial charge in [0.1, 0.15) is 11.2 Å². The standard InChI is InChI=1S/C23H31NO6/c1-5-28-20(25)12-16-15-29-19-13-17(6-7-18(16)19)24-10-8-23(27,9-11-24)14-21(26)30-22(2,3)4/h6-7,13,15,27H,5,8-12,14H2,1-4H3. The molecule has 0 spiro atoms. The van der Waals surface area contributed by atoms with Gasteiger partial charge in [0.15, 0.2) is 0 Å². The summed E-state index contributed by atoms with van der Waals surface area (Å²) in [6, 6.07) is 5.89. The van der Waals surface area contributed by atoms with Gasteiger partial charge in [-0.05, 0) is 52.7 Å². The summed E-state index contributed by atoms with van der Waals surface area (Å²) in [5.74, 6) is -0.644. The highest BCUT2D eigenvalue weighted by molar-refractivity contribution is 5.88.